The highest BCUT2D eigenvalue weighted by molar-refractivity contribution is 6.67. The molecule has 0 unspecified atom stereocenters. The second-order valence-electron chi connectivity index (χ2n) is 4.38. The summed E-state index contributed by atoms with van der Waals surface area (Å²) in [5.41, 5.74) is 6.94. The summed E-state index contributed by atoms with van der Waals surface area (Å²) >= 11 is 35.4. The molecule has 0 aliphatic carbocycles. The first-order valence-electron chi connectivity index (χ1n) is 5.89. The first-order valence-corrected chi connectivity index (χ1v) is 8.16. The zero-order valence-electron chi connectivity index (χ0n) is 10.8. The Morgan fingerprint density at radius 1 is 0.818 bits per heavy atom. The Morgan fingerprint density at radius 3 is 2.09 bits per heavy atom. The minimum absolute atomic E-state index is 0.316. The molecule has 0 saturated carbocycles. The second-order valence-corrected chi connectivity index (χ2v) is 8.94. The lowest BCUT2D eigenvalue weighted by atomic mass is 10.2. The highest BCUT2D eigenvalue weighted by Crippen LogP contribution is 2.45. The molecule has 0 spiro atoms. The summed E-state index contributed by atoms with van der Waals surface area (Å²) in [7, 11) is 0. The molecule has 0 bridgehead atoms. The number of hydrogen-bond acceptors (Lipinski definition) is 2. The Morgan fingerprint density at radius 2 is 1.50 bits per heavy atom. The van der Waals surface area contributed by atoms with Crippen molar-refractivity contribution in [2.45, 2.75) is 7.59 Å². The molecule has 0 heterocycles. The van der Waals surface area contributed by atoms with E-state index in [4.69, 9.17) is 80.1 Å². The van der Waals surface area contributed by atoms with Gasteiger partial charge in [-0.3, -0.25) is 0 Å². The Bertz CT molecular complexity index is 678. The zero-order chi connectivity index (χ0) is 16.5. The van der Waals surface area contributed by atoms with E-state index < -0.39 is 7.59 Å². The Kier molecular flexibility index (Phi) is 5.54. The van der Waals surface area contributed by atoms with Crippen molar-refractivity contribution in [3.63, 3.8) is 0 Å². The number of alkyl halides is 6. The van der Waals surface area contributed by atoms with Crippen LogP contribution in [0.25, 0.3) is 0 Å². The number of nitrogens with two attached hydrogens (primary N) is 1. The maximum atomic E-state index is 5.94. The van der Waals surface area contributed by atoms with Gasteiger partial charge in [0.1, 0.15) is 11.5 Å². The average Bonchev–Trinajstić information content (AvgIpc) is 2.39. The highest BCUT2D eigenvalue weighted by atomic mass is 35.6. The molecule has 2 nitrogen and oxygen atoms in total. The van der Waals surface area contributed by atoms with Gasteiger partial charge in [-0.25, -0.2) is 0 Å². The van der Waals surface area contributed by atoms with Crippen LogP contribution >= 0.6 is 69.6 Å². The van der Waals surface area contributed by atoms with E-state index in [9.17, 15) is 0 Å². The number of rotatable bonds is 2. The summed E-state index contributed by atoms with van der Waals surface area (Å²) in [6.07, 6.45) is 0. The van der Waals surface area contributed by atoms with Crippen LogP contribution in [0.15, 0.2) is 42.5 Å². The summed E-state index contributed by atoms with van der Waals surface area (Å²) in [5, 5.41) is 0. The molecule has 0 aliphatic rings. The maximum absolute atomic E-state index is 5.94. The Hall–Kier alpha value is -0.220. The van der Waals surface area contributed by atoms with Crippen LogP contribution in [0.4, 0.5) is 5.69 Å². The molecule has 0 aliphatic heterocycles. The van der Waals surface area contributed by atoms with Crippen LogP contribution in [0.3, 0.4) is 0 Å². The van der Waals surface area contributed by atoms with Gasteiger partial charge in [-0.2, -0.15) is 0 Å². The number of nitrogen functional groups attached to an aromatic ring is 1. The van der Waals surface area contributed by atoms with Crippen molar-refractivity contribution in [3.05, 3.63) is 53.6 Å². The largest absolute Gasteiger partial charge is 0.457 e. The third-order valence-corrected chi connectivity index (χ3v) is 3.96. The Balaban J connectivity index is 2.40. The molecule has 8 heteroatoms. The van der Waals surface area contributed by atoms with Crippen LogP contribution in [0.2, 0.25) is 0 Å². The third-order valence-electron chi connectivity index (χ3n) is 2.70. The molecule has 118 valence electrons. The minimum atomic E-state index is -1.68. The van der Waals surface area contributed by atoms with Crippen LogP contribution in [0, 0.1) is 0 Å². The van der Waals surface area contributed by atoms with Crippen LogP contribution in [-0.4, -0.2) is 0 Å². The second kappa shape index (κ2) is 6.72. The van der Waals surface area contributed by atoms with Crippen LogP contribution < -0.4 is 10.5 Å². The van der Waals surface area contributed by atoms with E-state index in [1.54, 1.807) is 36.4 Å². The fourth-order valence-corrected chi connectivity index (χ4v) is 2.52. The van der Waals surface area contributed by atoms with Gasteiger partial charge in [0.05, 0.1) is 0 Å². The van der Waals surface area contributed by atoms with Crippen molar-refractivity contribution in [2.24, 2.45) is 0 Å². The van der Waals surface area contributed by atoms with E-state index in [0.717, 1.165) is 0 Å². The lowest BCUT2D eigenvalue weighted by Gasteiger charge is -2.18. The standard InChI is InChI=1S/C14H9Cl6NO/c15-13(16,17)8-2-1-3-10(6-8)22-12-5-4-9(21)7-11(12)14(18,19)20/h1-7H,21H2. The SMILES string of the molecule is Nc1ccc(Oc2cccc(C(Cl)(Cl)Cl)c2)c(C(Cl)(Cl)Cl)c1. The first kappa shape index (κ1) is 18.1. The number of ether oxygens (including phenoxy) is 1. The van der Waals surface area contributed by atoms with E-state index in [1.165, 1.54) is 6.07 Å². The molecule has 0 radical (unpaired) electrons. The summed E-state index contributed by atoms with van der Waals surface area (Å²) in [6.45, 7) is 0. The molecule has 2 aromatic carbocycles. The molecular formula is C14H9Cl6NO. The lowest BCUT2D eigenvalue weighted by Crippen LogP contribution is -2.05. The molecule has 0 fully saturated rings. The Labute approximate surface area is 157 Å². The van der Waals surface area contributed by atoms with E-state index in [0.29, 0.717) is 28.3 Å². The van der Waals surface area contributed by atoms with E-state index in [1.807, 2.05) is 0 Å². The zero-order valence-corrected chi connectivity index (χ0v) is 15.3. The summed E-state index contributed by atoms with van der Waals surface area (Å²) in [4.78, 5) is 0. The molecule has 0 saturated heterocycles. The van der Waals surface area contributed by atoms with Crippen LogP contribution in [0.5, 0.6) is 11.5 Å². The van der Waals surface area contributed by atoms with E-state index in [-0.39, 0.29) is 0 Å². The lowest BCUT2D eigenvalue weighted by molar-refractivity contribution is 0.476. The van der Waals surface area contributed by atoms with Gasteiger partial charge in [-0.05, 0) is 30.3 Å². The quantitative estimate of drug-likeness (QED) is 0.433. The van der Waals surface area contributed by atoms with Gasteiger partial charge in [0.15, 0.2) is 0 Å². The van der Waals surface area contributed by atoms with Crippen molar-refractivity contribution >= 4 is 75.3 Å². The third kappa shape index (κ3) is 4.64. The van der Waals surface area contributed by atoms with Gasteiger partial charge in [0.25, 0.3) is 0 Å². The van der Waals surface area contributed by atoms with E-state index in [2.05, 4.69) is 0 Å². The van der Waals surface area contributed by atoms with Gasteiger partial charge in [-0.1, -0.05) is 81.7 Å². The van der Waals surface area contributed by atoms with Gasteiger partial charge < -0.3 is 10.5 Å². The average molecular weight is 420 g/mol. The fourth-order valence-electron chi connectivity index (χ4n) is 1.72. The number of anilines is 1. The fraction of sp³-hybridized carbons (Fsp3) is 0.143. The summed E-state index contributed by atoms with van der Waals surface area (Å²) < 4.78 is 2.50. The predicted molar refractivity (Wildman–Crippen MR) is 95.8 cm³/mol. The summed E-state index contributed by atoms with van der Waals surface area (Å²) in [5.74, 6) is 0.778. The van der Waals surface area contributed by atoms with Crippen molar-refractivity contribution in [1.82, 2.24) is 0 Å². The van der Waals surface area contributed by atoms with E-state index >= 15 is 0 Å². The van der Waals surface area contributed by atoms with Crippen molar-refractivity contribution in [2.75, 3.05) is 5.73 Å². The monoisotopic (exact) mass is 417 g/mol. The number of halogens is 6. The summed E-state index contributed by atoms with van der Waals surface area (Å²) in [6, 6.07) is 11.4. The van der Waals surface area contributed by atoms with Gasteiger partial charge in [0, 0.05) is 16.8 Å². The van der Waals surface area contributed by atoms with Crippen molar-refractivity contribution in [1.29, 1.82) is 0 Å². The van der Waals surface area contributed by atoms with Crippen LogP contribution in [-0.2, 0) is 7.59 Å². The molecule has 0 aromatic heterocycles. The highest BCUT2D eigenvalue weighted by Gasteiger charge is 2.28. The molecular weight excluding hydrogens is 411 g/mol. The van der Waals surface area contributed by atoms with Gasteiger partial charge in [-0.15, -0.1) is 0 Å². The molecule has 0 atom stereocenters. The minimum Gasteiger partial charge on any atom is -0.457 e. The van der Waals surface area contributed by atoms with Crippen molar-refractivity contribution in [3.8, 4) is 11.5 Å². The van der Waals surface area contributed by atoms with Gasteiger partial charge >= 0.3 is 0 Å². The molecule has 2 aromatic rings. The predicted octanol–water partition coefficient (Wildman–Crippen LogP) is 6.71. The maximum Gasteiger partial charge on any atom is 0.219 e. The number of benzene rings is 2. The topological polar surface area (TPSA) is 35.2 Å². The first-order chi connectivity index (χ1) is 10.1. The van der Waals surface area contributed by atoms with Gasteiger partial charge in [0.2, 0.25) is 7.59 Å². The molecule has 2 N–H and O–H groups in total. The normalized spacial score (nSPS) is 12.3. The van der Waals surface area contributed by atoms with Crippen LogP contribution in [0.1, 0.15) is 11.1 Å². The smallest absolute Gasteiger partial charge is 0.219 e. The number of hydrogen-bond donors (Lipinski definition) is 1. The molecule has 0 amide bonds. The molecule has 22 heavy (non-hydrogen) atoms. The molecule has 2 rings (SSSR count). The van der Waals surface area contributed by atoms with Crippen molar-refractivity contribution < 1.29 is 4.74 Å².